The van der Waals surface area contributed by atoms with Gasteiger partial charge in [-0.1, -0.05) is 35.9 Å². The minimum absolute atomic E-state index is 0.342. The summed E-state index contributed by atoms with van der Waals surface area (Å²) < 4.78 is 7.98. The molecule has 2 N–H and O–H groups in total. The fourth-order valence-electron chi connectivity index (χ4n) is 3.11. The summed E-state index contributed by atoms with van der Waals surface area (Å²) in [6.07, 6.45) is 1.35. The van der Waals surface area contributed by atoms with Crippen molar-refractivity contribution in [2.24, 2.45) is 5.73 Å². The van der Waals surface area contributed by atoms with Gasteiger partial charge >= 0.3 is 0 Å². The van der Waals surface area contributed by atoms with E-state index in [-0.39, 0.29) is 6.10 Å². The molecular formula is C21H17Cl2N3O2S. The van der Waals surface area contributed by atoms with Crippen LogP contribution >= 0.6 is 34.5 Å². The van der Waals surface area contributed by atoms with Gasteiger partial charge in [0.25, 0.3) is 5.91 Å². The second-order valence-corrected chi connectivity index (χ2v) is 8.20. The molecule has 4 rings (SSSR count). The van der Waals surface area contributed by atoms with Gasteiger partial charge in [-0.05, 0) is 30.7 Å². The van der Waals surface area contributed by atoms with E-state index >= 15 is 0 Å². The molecule has 2 aromatic heterocycles. The highest BCUT2D eigenvalue weighted by Gasteiger charge is 2.21. The van der Waals surface area contributed by atoms with E-state index in [1.807, 2.05) is 47.9 Å². The van der Waals surface area contributed by atoms with E-state index in [0.717, 1.165) is 27.2 Å². The summed E-state index contributed by atoms with van der Waals surface area (Å²) >= 11 is 13.5. The molecule has 0 spiro atoms. The number of primary amides is 1. The number of ether oxygens (including phenoxy) is 1. The van der Waals surface area contributed by atoms with Crippen molar-refractivity contribution in [2.45, 2.75) is 18.9 Å². The summed E-state index contributed by atoms with van der Waals surface area (Å²) in [5.74, 6) is 0.274. The summed E-state index contributed by atoms with van der Waals surface area (Å²) in [7, 11) is 0. The number of fused-ring (bicyclic) bond motifs is 1. The molecule has 0 aliphatic carbocycles. The lowest BCUT2D eigenvalue weighted by molar-refractivity contribution is 0.0998. The molecule has 0 unspecified atom stereocenters. The Morgan fingerprint density at radius 2 is 2.07 bits per heavy atom. The Bertz CT molecular complexity index is 1200. The van der Waals surface area contributed by atoms with Crippen LogP contribution in [0.3, 0.4) is 0 Å². The maximum Gasteiger partial charge on any atom is 0.262 e. The smallest absolute Gasteiger partial charge is 0.262 e. The fraction of sp³-hybridized carbons (Fsp3) is 0.143. The van der Waals surface area contributed by atoms with Crippen LogP contribution in [0.15, 0.2) is 54.9 Å². The number of amides is 1. The average molecular weight is 446 g/mol. The van der Waals surface area contributed by atoms with Crippen LogP contribution in [0, 0.1) is 0 Å². The summed E-state index contributed by atoms with van der Waals surface area (Å²) in [6.45, 7) is 1.88. The Balaban J connectivity index is 1.74. The van der Waals surface area contributed by atoms with Crippen molar-refractivity contribution < 1.29 is 9.53 Å². The molecule has 0 aliphatic heterocycles. The number of hydrogen-bond acceptors (Lipinski definition) is 4. The molecule has 1 atom stereocenters. The second kappa shape index (κ2) is 8.06. The van der Waals surface area contributed by atoms with Gasteiger partial charge in [0.1, 0.15) is 28.1 Å². The third-order valence-electron chi connectivity index (χ3n) is 4.56. The molecule has 2 aromatic carbocycles. The van der Waals surface area contributed by atoms with Crippen molar-refractivity contribution >= 4 is 51.5 Å². The van der Waals surface area contributed by atoms with Crippen molar-refractivity contribution in [1.29, 1.82) is 0 Å². The van der Waals surface area contributed by atoms with Gasteiger partial charge < -0.3 is 10.5 Å². The van der Waals surface area contributed by atoms with Crippen molar-refractivity contribution in [3.05, 3.63) is 75.9 Å². The number of nitrogens with two attached hydrogens (primary N) is 1. The lowest BCUT2D eigenvalue weighted by Gasteiger charge is -2.16. The zero-order chi connectivity index (χ0) is 20.5. The fourth-order valence-corrected chi connectivity index (χ4v) is 4.49. The number of imidazole rings is 1. The topological polar surface area (TPSA) is 70.1 Å². The van der Waals surface area contributed by atoms with Crippen molar-refractivity contribution in [1.82, 2.24) is 9.55 Å². The van der Waals surface area contributed by atoms with Crippen LogP contribution in [0.2, 0.25) is 5.02 Å². The molecule has 2 heterocycles. The number of thiophene rings is 1. The zero-order valence-corrected chi connectivity index (χ0v) is 17.8. The predicted molar refractivity (Wildman–Crippen MR) is 118 cm³/mol. The minimum Gasteiger partial charge on any atom is -0.484 e. The summed E-state index contributed by atoms with van der Waals surface area (Å²) in [5.41, 5.74) is 9.15. The van der Waals surface area contributed by atoms with Gasteiger partial charge in [-0.15, -0.1) is 22.9 Å². The van der Waals surface area contributed by atoms with Crippen LogP contribution in [0.4, 0.5) is 0 Å². The number of alkyl halides is 1. The van der Waals surface area contributed by atoms with Crippen LogP contribution < -0.4 is 10.5 Å². The molecule has 0 saturated heterocycles. The van der Waals surface area contributed by atoms with E-state index < -0.39 is 5.91 Å². The molecule has 148 valence electrons. The molecule has 0 fully saturated rings. The number of halogens is 2. The third kappa shape index (κ3) is 3.83. The van der Waals surface area contributed by atoms with Gasteiger partial charge in [0.05, 0.1) is 11.0 Å². The summed E-state index contributed by atoms with van der Waals surface area (Å²) in [5, 5.41) is 1.37. The SMILES string of the molecule is C[C@@H](Oc1cc(-n2cnc3ccc(CCl)cc32)sc1C(N)=O)c1ccccc1Cl. The van der Waals surface area contributed by atoms with Crippen LogP contribution in [0.25, 0.3) is 16.0 Å². The molecule has 0 radical (unpaired) electrons. The molecule has 4 aromatic rings. The van der Waals surface area contributed by atoms with Crippen molar-refractivity contribution in [3.63, 3.8) is 0 Å². The van der Waals surface area contributed by atoms with E-state index in [9.17, 15) is 4.79 Å². The number of rotatable bonds is 6. The van der Waals surface area contributed by atoms with Gasteiger partial charge in [0.15, 0.2) is 0 Å². The molecule has 0 aliphatic rings. The Morgan fingerprint density at radius 1 is 1.28 bits per heavy atom. The normalized spacial score (nSPS) is 12.2. The predicted octanol–water partition coefficient (Wildman–Crippen LogP) is 5.72. The first kappa shape index (κ1) is 19.8. The van der Waals surface area contributed by atoms with Crippen LogP contribution in [-0.4, -0.2) is 15.5 Å². The number of carbonyl (C=O) groups is 1. The van der Waals surface area contributed by atoms with Gasteiger partial charge in [0.2, 0.25) is 0 Å². The average Bonchev–Trinajstić information content (AvgIpc) is 3.31. The highest BCUT2D eigenvalue weighted by atomic mass is 35.5. The van der Waals surface area contributed by atoms with Crippen LogP contribution in [0.5, 0.6) is 5.75 Å². The Hall–Kier alpha value is -2.54. The third-order valence-corrected chi connectivity index (χ3v) is 6.34. The lowest BCUT2D eigenvalue weighted by atomic mass is 10.1. The molecule has 8 heteroatoms. The first-order valence-corrected chi connectivity index (χ1v) is 10.6. The number of benzene rings is 2. The quantitative estimate of drug-likeness (QED) is 0.385. The molecule has 0 bridgehead atoms. The summed E-state index contributed by atoms with van der Waals surface area (Å²) in [6, 6.07) is 15.1. The van der Waals surface area contributed by atoms with Crippen LogP contribution in [-0.2, 0) is 5.88 Å². The van der Waals surface area contributed by atoms with E-state index in [4.69, 9.17) is 33.7 Å². The van der Waals surface area contributed by atoms with Crippen LogP contribution in [0.1, 0.15) is 33.8 Å². The van der Waals surface area contributed by atoms with Gasteiger partial charge in [-0.2, -0.15) is 0 Å². The number of nitrogens with zero attached hydrogens (tertiary/aromatic N) is 2. The van der Waals surface area contributed by atoms with E-state index in [0.29, 0.717) is 21.5 Å². The molecular weight excluding hydrogens is 429 g/mol. The first-order valence-electron chi connectivity index (χ1n) is 8.85. The minimum atomic E-state index is -0.548. The number of carbonyl (C=O) groups excluding carboxylic acids is 1. The van der Waals surface area contributed by atoms with Crippen molar-refractivity contribution in [2.75, 3.05) is 0 Å². The van der Waals surface area contributed by atoms with E-state index in [2.05, 4.69) is 4.98 Å². The summed E-state index contributed by atoms with van der Waals surface area (Å²) in [4.78, 5) is 16.8. The van der Waals surface area contributed by atoms with Gasteiger partial charge in [-0.3, -0.25) is 9.36 Å². The van der Waals surface area contributed by atoms with E-state index in [1.165, 1.54) is 11.3 Å². The van der Waals surface area contributed by atoms with Gasteiger partial charge in [-0.25, -0.2) is 4.98 Å². The maximum atomic E-state index is 12.0. The van der Waals surface area contributed by atoms with Crippen molar-refractivity contribution in [3.8, 4) is 10.8 Å². The Morgan fingerprint density at radius 3 is 2.79 bits per heavy atom. The highest BCUT2D eigenvalue weighted by Crippen LogP contribution is 2.37. The van der Waals surface area contributed by atoms with Gasteiger partial charge in [0, 0.05) is 22.5 Å². The maximum absolute atomic E-state index is 12.0. The Labute approximate surface area is 181 Å². The molecule has 0 saturated carbocycles. The zero-order valence-electron chi connectivity index (χ0n) is 15.4. The Kier molecular flexibility index (Phi) is 5.50. The molecule has 5 nitrogen and oxygen atoms in total. The second-order valence-electron chi connectivity index (χ2n) is 6.50. The number of hydrogen-bond donors (Lipinski definition) is 1. The lowest BCUT2D eigenvalue weighted by Crippen LogP contribution is -2.12. The highest BCUT2D eigenvalue weighted by molar-refractivity contribution is 7.16. The standard InChI is InChI=1S/C21H17Cl2N3O2S/c1-12(14-4-2-3-5-15(14)23)28-18-9-19(29-20(18)21(24)27)26-11-25-16-7-6-13(10-22)8-17(16)26/h2-9,11-12H,10H2,1H3,(H2,24,27)/t12-/m1/s1. The number of aromatic nitrogens is 2. The van der Waals surface area contributed by atoms with E-state index in [1.54, 1.807) is 18.5 Å². The largest absolute Gasteiger partial charge is 0.484 e. The molecule has 29 heavy (non-hydrogen) atoms. The monoisotopic (exact) mass is 445 g/mol. The molecule has 1 amide bonds. The first-order chi connectivity index (χ1) is 14.0.